The zero-order valence-corrected chi connectivity index (χ0v) is 22.0. The standard InChI is InChI=1S/C25H25ClN6O4S/c1-32(2)15-23(33)27-16-7-6-8-18(13-16)37(34,35)31-25-24(28-20-9-4-5-10-21(20)29-25)30-22-14-17(36-3)11-12-19(22)26/h4-14H,15H2,1-3H3,(H,27,33)(H,28,30)(H,29,31)/p+1. The van der Waals surface area contributed by atoms with Crippen LogP contribution in [0.1, 0.15) is 0 Å². The average Bonchev–Trinajstić information content (AvgIpc) is 2.85. The fourth-order valence-electron chi connectivity index (χ4n) is 3.51. The normalized spacial score (nSPS) is 11.5. The van der Waals surface area contributed by atoms with Crippen LogP contribution in [-0.2, 0) is 14.8 Å². The molecule has 0 atom stereocenters. The lowest BCUT2D eigenvalue weighted by molar-refractivity contribution is -0.481. The number of sulfonamides is 1. The van der Waals surface area contributed by atoms with Crippen molar-refractivity contribution in [1.29, 1.82) is 0 Å². The maximum Gasteiger partial charge on any atom is 0.274 e. The van der Waals surface area contributed by atoms with Crippen molar-refractivity contribution >= 4 is 61.6 Å². The predicted octanol–water partition coefficient (Wildman–Crippen LogP) is 3.12. The Bertz CT molecular complexity index is 1560. The first-order valence-electron chi connectivity index (χ1n) is 11.2. The van der Waals surface area contributed by atoms with Gasteiger partial charge in [0.2, 0.25) is 11.7 Å². The Labute approximate surface area is 219 Å². The monoisotopic (exact) mass is 541 g/mol. The molecule has 4 rings (SSSR count). The highest BCUT2D eigenvalue weighted by atomic mass is 35.5. The van der Waals surface area contributed by atoms with Crippen molar-refractivity contribution in [3.8, 4) is 5.75 Å². The molecule has 10 nitrogen and oxygen atoms in total. The van der Waals surface area contributed by atoms with Crippen molar-refractivity contribution in [2.24, 2.45) is 0 Å². The van der Waals surface area contributed by atoms with Crippen LogP contribution < -0.4 is 20.1 Å². The lowest BCUT2D eigenvalue weighted by Crippen LogP contribution is -2.72. The Morgan fingerprint density at radius 3 is 2.46 bits per heavy atom. The van der Waals surface area contributed by atoms with Gasteiger partial charge in [-0.2, -0.15) is 4.98 Å². The van der Waals surface area contributed by atoms with Crippen molar-refractivity contribution in [1.82, 2.24) is 14.9 Å². The smallest absolute Gasteiger partial charge is 0.274 e. The number of amides is 1. The number of nitrogens with zero attached hydrogens (tertiary/aromatic N) is 3. The molecular weight excluding hydrogens is 516 g/mol. The van der Waals surface area contributed by atoms with E-state index in [9.17, 15) is 13.2 Å². The number of carbonyl (C=O) groups is 1. The molecule has 4 N–H and O–H groups in total. The van der Waals surface area contributed by atoms with Gasteiger partial charge >= 0.3 is 0 Å². The average molecular weight is 542 g/mol. The van der Waals surface area contributed by atoms with Gasteiger partial charge in [-0.05, 0) is 56.6 Å². The van der Waals surface area contributed by atoms with Crippen LogP contribution in [0.2, 0.25) is 5.02 Å². The SMILES string of the molecule is COc1ccc(Cl)c([NH2+]c2nc3ccccc3nc2NS(=O)(=O)c2cccc(NC(=O)CN(C)C)c2)c1. The summed E-state index contributed by atoms with van der Waals surface area (Å²) in [5.74, 6) is 0.618. The van der Waals surface area contributed by atoms with Gasteiger partial charge in [0.25, 0.3) is 15.8 Å². The summed E-state index contributed by atoms with van der Waals surface area (Å²) in [4.78, 5) is 22.9. The Balaban J connectivity index is 1.70. The molecule has 0 aliphatic heterocycles. The van der Waals surface area contributed by atoms with E-state index in [4.69, 9.17) is 16.3 Å². The molecule has 1 amide bonds. The van der Waals surface area contributed by atoms with Gasteiger partial charge in [-0.1, -0.05) is 29.8 Å². The number of para-hydroxylation sites is 2. The summed E-state index contributed by atoms with van der Waals surface area (Å²) in [6.07, 6.45) is 0. The van der Waals surface area contributed by atoms with Crippen molar-refractivity contribution in [2.75, 3.05) is 37.8 Å². The van der Waals surface area contributed by atoms with Gasteiger partial charge in [0.05, 0.1) is 29.6 Å². The van der Waals surface area contributed by atoms with Gasteiger partial charge in [-0.15, -0.1) is 0 Å². The van der Waals surface area contributed by atoms with Crippen LogP contribution >= 0.6 is 11.6 Å². The lowest BCUT2D eigenvalue weighted by Gasteiger charge is -2.13. The van der Waals surface area contributed by atoms with Crippen molar-refractivity contribution in [2.45, 2.75) is 4.90 Å². The number of ether oxygens (including phenoxy) is 1. The number of hydrogen-bond acceptors (Lipinski definition) is 7. The van der Waals surface area contributed by atoms with Gasteiger partial charge < -0.3 is 15.0 Å². The third-order valence-electron chi connectivity index (χ3n) is 5.21. The summed E-state index contributed by atoms with van der Waals surface area (Å²) in [5, 5.41) is 4.78. The third kappa shape index (κ3) is 6.52. The fourth-order valence-corrected chi connectivity index (χ4v) is 4.75. The summed E-state index contributed by atoms with van der Waals surface area (Å²) >= 11 is 6.38. The minimum atomic E-state index is -4.09. The first-order valence-corrected chi connectivity index (χ1v) is 13.0. The lowest BCUT2D eigenvalue weighted by atomic mass is 10.3. The molecule has 0 radical (unpaired) electrons. The number of halogens is 1. The number of nitrogens with one attached hydrogen (secondary N) is 2. The molecule has 0 spiro atoms. The predicted molar refractivity (Wildman–Crippen MR) is 143 cm³/mol. The number of carbonyl (C=O) groups excluding carboxylic acids is 1. The number of fused-ring (bicyclic) bond motifs is 1. The number of anilines is 2. The zero-order chi connectivity index (χ0) is 26.6. The molecule has 37 heavy (non-hydrogen) atoms. The molecule has 0 bridgehead atoms. The highest BCUT2D eigenvalue weighted by Crippen LogP contribution is 2.27. The van der Waals surface area contributed by atoms with Crippen LogP contribution in [0.5, 0.6) is 5.75 Å². The second-order valence-corrected chi connectivity index (χ2v) is 10.5. The molecule has 4 aromatic rings. The van der Waals surface area contributed by atoms with Crippen LogP contribution in [0.3, 0.4) is 0 Å². The maximum atomic E-state index is 13.4. The van der Waals surface area contributed by atoms with Crippen LogP contribution in [0.25, 0.3) is 11.0 Å². The van der Waals surface area contributed by atoms with E-state index >= 15 is 0 Å². The van der Waals surface area contributed by atoms with Crippen LogP contribution in [0.4, 0.5) is 23.0 Å². The topological polar surface area (TPSA) is 130 Å². The first kappa shape index (κ1) is 26.3. The molecule has 3 aromatic carbocycles. The largest absolute Gasteiger partial charge is 0.497 e. The van der Waals surface area contributed by atoms with Crippen molar-refractivity contribution in [3.63, 3.8) is 0 Å². The van der Waals surface area contributed by atoms with E-state index < -0.39 is 10.0 Å². The fraction of sp³-hybridized carbons (Fsp3) is 0.160. The Morgan fingerprint density at radius 1 is 1.03 bits per heavy atom. The quantitative estimate of drug-likeness (QED) is 0.277. The van der Waals surface area contributed by atoms with Gasteiger partial charge in [0.15, 0.2) is 5.69 Å². The molecule has 0 saturated carbocycles. The molecule has 0 fully saturated rings. The maximum absolute atomic E-state index is 13.4. The number of benzene rings is 3. The van der Waals surface area contributed by atoms with E-state index in [0.717, 1.165) is 0 Å². The second kappa shape index (κ2) is 11.1. The molecule has 1 heterocycles. The van der Waals surface area contributed by atoms with Crippen molar-refractivity contribution < 1.29 is 23.3 Å². The summed E-state index contributed by atoms with van der Waals surface area (Å²) < 4.78 is 34.6. The van der Waals surface area contributed by atoms with E-state index in [0.29, 0.717) is 33.2 Å². The summed E-state index contributed by atoms with van der Waals surface area (Å²) in [5.41, 5.74) is 2.03. The molecule has 0 aliphatic rings. The Morgan fingerprint density at radius 2 is 1.76 bits per heavy atom. The van der Waals surface area contributed by atoms with E-state index in [1.54, 1.807) is 80.0 Å². The van der Waals surface area contributed by atoms with Crippen LogP contribution in [0, 0.1) is 0 Å². The second-order valence-electron chi connectivity index (χ2n) is 8.40. The highest BCUT2D eigenvalue weighted by Gasteiger charge is 2.23. The molecule has 0 unspecified atom stereocenters. The molecule has 192 valence electrons. The number of likely N-dealkylation sites (N-methyl/N-ethyl adjacent to an activating group) is 1. The number of quaternary nitrogens is 1. The number of methoxy groups -OCH3 is 1. The minimum Gasteiger partial charge on any atom is -0.497 e. The summed E-state index contributed by atoms with van der Waals surface area (Å²) in [6.45, 7) is 0.161. The van der Waals surface area contributed by atoms with Gasteiger partial charge in [0, 0.05) is 11.8 Å². The third-order valence-corrected chi connectivity index (χ3v) is 6.89. The highest BCUT2D eigenvalue weighted by molar-refractivity contribution is 7.92. The van der Waals surface area contributed by atoms with Gasteiger partial charge in [-0.25, -0.2) is 13.4 Å². The van der Waals surface area contributed by atoms with E-state index in [1.165, 1.54) is 12.1 Å². The van der Waals surface area contributed by atoms with E-state index in [-0.39, 0.29) is 29.0 Å². The minimum absolute atomic E-state index is 0.0274. The van der Waals surface area contributed by atoms with Gasteiger partial charge in [-0.3, -0.25) is 14.8 Å². The van der Waals surface area contributed by atoms with Crippen LogP contribution in [0.15, 0.2) is 71.6 Å². The molecular formula is C25H26ClN6O4S+. The van der Waals surface area contributed by atoms with Crippen molar-refractivity contribution in [3.05, 3.63) is 71.8 Å². The van der Waals surface area contributed by atoms with Gasteiger partial charge in [0.1, 0.15) is 10.8 Å². The summed E-state index contributed by atoms with van der Waals surface area (Å²) in [6, 6.07) is 18.2. The zero-order valence-electron chi connectivity index (χ0n) is 20.4. The molecule has 0 saturated heterocycles. The molecule has 12 heteroatoms. The van der Waals surface area contributed by atoms with E-state index in [1.807, 2.05) is 6.07 Å². The first-order chi connectivity index (χ1) is 17.6. The molecule has 0 aliphatic carbocycles. The Kier molecular flexibility index (Phi) is 7.89. The number of hydrogen-bond donors (Lipinski definition) is 3. The number of nitrogens with two attached hydrogens (primary N) is 1. The summed E-state index contributed by atoms with van der Waals surface area (Å²) in [7, 11) is 0.980. The van der Waals surface area contributed by atoms with Crippen LogP contribution in [-0.4, -0.2) is 56.9 Å². The Hall–Kier alpha value is -3.77. The molecule has 1 aromatic heterocycles. The number of aromatic nitrogens is 2. The number of rotatable bonds is 9. The van der Waals surface area contributed by atoms with E-state index in [2.05, 4.69) is 20.0 Å².